The summed E-state index contributed by atoms with van der Waals surface area (Å²) in [6.07, 6.45) is 2.62. The fraction of sp³-hybridized carbons (Fsp3) is 0.182. The Hall–Kier alpha value is -0.534. The topological polar surface area (TPSA) is 65.3 Å². The molecular weight excluding hydrogens is 245 g/mol. The molecule has 1 N–H and O–H groups in total. The van der Waals surface area contributed by atoms with Crippen molar-refractivity contribution < 1.29 is 9.90 Å². The van der Waals surface area contributed by atoms with Gasteiger partial charge >= 0.3 is 5.97 Å². The van der Waals surface area contributed by atoms with E-state index in [-0.39, 0.29) is 51.4 Å². The predicted molar refractivity (Wildman–Crippen MR) is 67.1 cm³/mol. The number of hydrogen-bond acceptors (Lipinski definition) is 3. The van der Waals surface area contributed by atoms with Gasteiger partial charge in [-0.05, 0) is 23.8 Å². The molecule has 0 aliphatic carbocycles. The van der Waals surface area contributed by atoms with Crippen LogP contribution in [0.1, 0.15) is 5.56 Å². The van der Waals surface area contributed by atoms with E-state index in [4.69, 9.17) is 5.11 Å². The molecule has 85 valence electrons. The maximum Gasteiger partial charge on any atom is 0.328 e. The predicted octanol–water partition coefficient (Wildman–Crippen LogP) is 1.96. The van der Waals surface area contributed by atoms with Gasteiger partial charge in [-0.2, -0.15) is 0 Å². The Labute approximate surface area is 143 Å². The molecule has 1 aromatic rings. The fourth-order valence-electron chi connectivity index (χ4n) is 0.961. The number of carboxylic acid groups (broad SMARTS) is 1. The van der Waals surface area contributed by atoms with Gasteiger partial charge in [0.1, 0.15) is 0 Å². The van der Waals surface area contributed by atoms with Crippen LogP contribution in [-0.4, -0.2) is 81.6 Å². The maximum atomic E-state index is 10.3. The van der Waals surface area contributed by atoms with Crippen molar-refractivity contribution in [1.29, 1.82) is 0 Å². The summed E-state index contributed by atoms with van der Waals surface area (Å²) >= 11 is 0. The van der Waals surface area contributed by atoms with Gasteiger partial charge in [-0.1, -0.05) is 17.4 Å². The van der Waals surface area contributed by atoms with Crippen molar-refractivity contribution in [3.05, 3.63) is 35.9 Å². The summed E-state index contributed by atoms with van der Waals surface area (Å²) in [6, 6.07) is 7.11. The summed E-state index contributed by atoms with van der Waals surface area (Å²) in [5.41, 5.74) is 1.53. The van der Waals surface area contributed by atoms with Crippen LogP contribution >= 0.6 is 0 Å². The summed E-state index contributed by atoms with van der Waals surface area (Å²) in [6.45, 7) is 0. The summed E-state index contributed by atoms with van der Waals surface area (Å²) in [7, 11) is 3.57. The number of nitrogens with zero attached hydrogens (tertiary/aromatic N) is 3. The molecule has 0 fully saturated rings. The zero-order chi connectivity index (χ0) is 12.0. The molecule has 0 saturated heterocycles. The van der Waals surface area contributed by atoms with Gasteiger partial charge in [-0.25, -0.2) is 4.79 Å². The van der Waals surface area contributed by atoms with Gasteiger partial charge in [0.25, 0.3) is 0 Å². The first-order valence-electron chi connectivity index (χ1n) is 4.68. The molecule has 0 aliphatic rings. The molecule has 0 saturated carbocycles. The van der Waals surface area contributed by atoms with Crippen LogP contribution in [0.2, 0.25) is 0 Å². The third kappa shape index (κ3) is 7.40. The largest absolute Gasteiger partial charge is 0.478 e. The smallest absolute Gasteiger partial charge is 0.328 e. The number of benzene rings is 1. The molecule has 17 heavy (non-hydrogen) atoms. The van der Waals surface area contributed by atoms with Crippen LogP contribution in [0.4, 0.5) is 5.69 Å². The van der Waals surface area contributed by atoms with Gasteiger partial charge in [-0.15, -0.1) is 5.11 Å². The van der Waals surface area contributed by atoms with E-state index in [0.717, 1.165) is 17.3 Å². The standard InChI is InChI=1S/C11H13N3O2.K/c1-14(2)13-12-10-6-3-9(4-7-10)5-8-11(15)16;/h3-8H,1-2H3,(H,15,16);. The van der Waals surface area contributed by atoms with Crippen LogP contribution in [0, 0.1) is 0 Å². The molecule has 0 spiro atoms. The van der Waals surface area contributed by atoms with Gasteiger partial charge in [-0.3, -0.25) is 5.01 Å². The number of aliphatic carboxylic acids is 1. The summed E-state index contributed by atoms with van der Waals surface area (Å²) in [5.74, 6) is -0.962. The van der Waals surface area contributed by atoms with Crippen molar-refractivity contribution in [3.63, 3.8) is 0 Å². The monoisotopic (exact) mass is 258 g/mol. The Kier molecular flexibility index (Phi) is 8.27. The Balaban J connectivity index is 0.00000256. The second-order valence-electron chi connectivity index (χ2n) is 3.30. The second-order valence-corrected chi connectivity index (χ2v) is 3.30. The maximum absolute atomic E-state index is 10.3. The summed E-state index contributed by atoms with van der Waals surface area (Å²) < 4.78 is 0. The quantitative estimate of drug-likeness (QED) is 0.388. The van der Waals surface area contributed by atoms with Crippen LogP contribution in [0.3, 0.4) is 0 Å². The fourth-order valence-corrected chi connectivity index (χ4v) is 0.961. The van der Waals surface area contributed by atoms with E-state index in [0.29, 0.717) is 0 Å². The summed E-state index contributed by atoms with van der Waals surface area (Å²) in [5, 5.41) is 17.8. The Bertz CT molecular complexity index is 413. The van der Waals surface area contributed by atoms with E-state index in [1.165, 1.54) is 6.08 Å². The average Bonchev–Trinajstić information content (AvgIpc) is 2.25. The number of carbonyl (C=O) groups is 1. The molecular formula is C11H13KN3O2. The van der Waals surface area contributed by atoms with E-state index >= 15 is 0 Å². The van der Waals surface area contributed by atoms with Gasteiger partial charge in [0, 0.05) is 71.6 Å². The van der Waals surface area contributed by atoms with Gasteiger partial charge in [0.15, 0.2) is 0 Å². The first-order valence-corrected chi connectivity index (χ1v) is 4.68. The minimum atomic E-state index is -0.962. The normalized spacial score (nSPS) is 10.5. The van der Waals surface area contributed by atoms with Crippen molar-refractivity contribution in [1.82, 2.24) is 5.01 Å². The van der Waals surface area contributed by atoms with E-state index in [2.05, 4.69) is 10.3 Å². The van der Waals surface area contributed by atoms with Crippen LogP contribution in [0.5, 0.6) is 0 Å². The van der Waals surface area contributed by atoms with E-state index in [1.54, 1.807) is 43.4 Å². The second kappa shape index (κ2) is 8.54. The minimum Gasteiger partial charge on any atom is -0.478 e. The molecule has 0 atom stereocenters. The van der Waals surface area contributed by atoms with Gasteiger partial charge in [0.05, 0.1) is 5.69 Å². The van der Waals surface area contributed by atoms with E-state index < -0.39 is 5.97 Å². The van der Waals surface area contributed by atoms with E-state index in [9.17, 15) is 4.79 Å². The SMILES string of the molecule is CN(C)N=Nc1ccc(C=CC(=O)O)cc1.[K]. The van der Waals surface area contributed by atoms with Crippen molar-refractivity contribution in [2.24, 2.45) is 10.3 Å². The van der Waals surface area contributed by atoms with Crippen LogP contribution in [-0.2, 0) is 4.79 Å². The molecule has 1 radical (unpaired) electrons. The number of hydrogen-bond donors (Lipinski definition) is 1. The first-order chi connectivity index (χ1) is 7.58. The van der Waals surface area contributed by atoms with Crippen molar-refractivity contribution in [3.8, 4) is 0 Å². The van der Waals surface area contributed by atoms with E-state index in [1.807, 2.05) is 0 Å². The van der Waals surface area contributed by atoms with Crippen LogP contribution in [0.25, 0.3) is 6.08 Å². The molecule has 0 bridgehead atoms. The minimum absolute atomic E-state index is 0. The van der Waals surface area contributed by atoms with Crippen molar-refractivity contribution in [2.75, 3.05) is 14.1 Å². The van der Waals surface area contributed by atoms with Gasteiger partial charge in [0.2, 0.25) is 0 Å². The number of carboxylic acids is 1. The molecule has 5 nitrogen and oxygen atoms in total. The van der Waals surface area contributed by atoms with Crippen LogP contribution < -0.4 is 0 Å². The third-order valence-electron chi connectivity index (χ3n) is 1.65. The first kappa shape index (κ1) is 16.5. The molecule has 0 amide bonds. The average molecular weight is 258 g/mol. The summed E-state index contributed by atoms with van der Waals surface area (Å²) in [4.78, 5) is 10.3. The zero-order valence-electron chi connectivity index (χ0n) is 10.2. The molecule has 1 rings (SSSR count). The van der Waals surface area contributed by atoms with Crippen LogP contribution in [0.15, 0.2) is 40.7 Å². The Morgan fingerprint density at radius 2 is 1.88 bits per heavy atom. The zero-order valence-corrected chi connectivity index (χ0v) is 13.3. The number of rotatable bonds is 4. The molecule has 0 unspecified atom stereocenters. The Morgan fingerprint density at radius 3 is 2.35 bits per heavy atom. The third-order valence-corrected chi connectivity index (χ3v) is 1.65. The van der Waals surface area contributed by atoms with Crippen molar-refractivity contribution in [2.45, 2.75) is 0 Å². The molecule has 6 heteroatoms. The molecule has 1 aromatic carbocycles. The Morgan fingerprint density at radius 1 is 1.29 bits per heavy atom. The molecule has 0 aromatic heterocycles. The molecule has 0 aliphatic heterocycles. The van der Waals surface area contributed by atoms with Gasteiger partial charge < -0.3 is 5.11 Å². The molecule has 0 heterocycles. The van der Waals surface area contributed by atoms with Crippen molar-refractivity contribution >= 4 is 69.1 Å².